The van der Waals surface area contributed by atoms with Gasteiger partial charge in [0.15, 0.2) is 0 Å². The summed E-state index contributed by atoms with van der Waals surface area (Å²) in [7, 11) is 1.90. The number of pyridine rings is 1. The van der Waals surface area contributed by atoms with Gasteiger partial charge in [0.1, 0.15) is 17.7 Å². The molecule has 1 aliphatic rings. The molecular weight excluding hydrogens is 402 g/mol. The third-order valence-electron chi connectivity index (χ3n) is 5.69. The van der Waals surface area contributed by atoms with Crippen molar-refractivity contribution in [1.82, 2.24) is 20.1 Å². The Morgan fingerprint density at radius 2 is 1.94 bits per heavy atom. The number of hydrogen-bond acceptors (Lipinski definition) is 5. The van der Waals surface area contributed by atoms with E-state index in [1.165, 1.54) is 0 Å². The van der Waals surface area contributed by atoms with Gasteiger partial charge in [0.25, 0.3) is 5.91 Å². The highest BCUT2D eigenvalue weighted by molar-refractivity contribution is 6.04. The summed E-state index contributed by atoms with van der Waals surface area (Å²) < 4.78 is 7.85. The Hall–Kier alpha value is -3.71. The lowest BCUT2D eigenvalue weighted by molar-refractivity contribution is 0.102. The molecule has 3 heterocycles. The smallest absolute Gasteiger partial charge is 0.256 e. The van der Waals surface area contributed by atoms with Crippen molar-refractivity contribution in [2.45, 2.75) is 18.9 Å². The Morgan fingerprint density at radius 3 is 2.75 bits per heavy atom. The number of fused-ring (bicyclic) bond motifs is 1. The van der Waals surface area contributed by atoms with Crippen molar-refractivity contribution in [3.63, 3.8) is 0 Å². The minimum absolute atomic E-state index is 0.186. The molecule has 4 aromatic rings. The summed E-state index contributed by atoms with van der Waals surface area (Å²) in [6.07, 6.45) is 7.71. The molecule has 0 unspecified atom stereocenters. The lowest BCUT2D eigenvalue weighted by Crippen LogP contribution is -2.34. The minimum Gasteiger partial charge on any atom is -0.490 e. The minimum atomic E-state index is -0.212. The molecule has 1 aliphatic heterocycles. The number of amides is 1. The molecule has 0 aliphatic carbocycles. The van der Waals surface area contributed by atoms with Crippen molar-refractivity contribution in [1.29, 1.82) is 0 Å². The van der Waals surface area contributed by atoms with Crippen molar-refractivity contribution in [3.8, 4) is 16.9 Å². The predicted molar refractivity (Wildman–Crippen MR) is 125 cm³/mol. The van der Waals surface area contributed by atoms with Crippen molar-refractivity contribution in [2.75, 3.05) is 18.4 Å². The molecule has 5 rings (SSSR count). The van der Waals surface area contributed by atoms with Crippen LogP contribution in [0, 0.1) is 0 Å². The van der Waals surface area contributed by atoms with Gasteiger partial charge < -0.3 is 15.4 Å². The van der Waals surface area contributed by atoms with Gasteiger partial charge in [0.2, 0.25) is 0 Å². The van der Waals surface area contributed by atoms with Crippen LogP contribution in [0.25, 0.3) is 21.9 Å². The monoisotopic (exact) mass is 427 g/mol. The van der Waals surface area contributed by atoms with Gasteiger partial charge in [-0.2, -0.15) is 5.10 Å². The summed E-state index contributed by atoms with van der Waals surface area (Å²) in [6, 6.07) is 15.4. The van der Waals surface area contributed by atoms with Gasteiger partial charge in [-0.05, 0) is 67.2 Å². The van der Waals surface area contributed by atoms with Crippen LogP contribution in [0.3, 0.4) is 0 Å². The fourth-order valence-corrected chi connectivity index (χ4v) is 3.96. The molecule has 0 bridgehead atoms. The van der Waals surface area contributed by atoms with Crippen molar-refractivity contribution < 1.29 is 9.53 Å². The van der Waals surface area contributed by atoms with Crippen LogP contribution < -0.4 is 15.4 Å². The first kappa shape index (κ1) is 20.2. The van der Waals surface area contributed by atoms with Gasteiger partial charge in [0, 0.05) is 36.0 Å². The number of benzene rings is 2. The van der Waals surface area contributed by atoms with E-state index < -0.39 is 0 Å². The molecule has 1 fully saturated rings. The van der Waals surface area contributed by atoms with Crippen molar-refractivity contribution in [2.24, 2.45) is 7.05 Å². The second-order valence-electron chi connectivity index (χ2n) is 8.08. The molecule has 2 N–H and O–H groups in total. The Kier molecular flexibility index (Phi) is 5.56. The largest absolute Gasteiger partial charge is 0.490 e. The normalized spacial score (nSPS) is 14.4. The zero-order valence-electron chi connectivity index (χ0n) is 17.9. The molecule has 7 heteroatoms. The first-order valence-corrected chi connectivity index (χ1v) is 10.8. The molecule has 2 aromatic heterocycles. The van der Waals surface area contributed by atoms with Crippen LogP contribution >= 0.6 is 0 Å². The summed E-state index contributed by atoms with van der Waals surface area (Å²) in [5, 5.41) is 12.5. The number of piperidine rings is 1. The van der Waals surface area contributed by atoms with Crippen molar-refractivity contribution in [3.05, 3.63) is 72.7 Å². The zero-order chi connectivity index (χ0) is 21.9. The van der Waals surface area contributed by atoms with Gasteiger partial charge in [-0.1, -0.05) is 18.2 Å². The van der Waals surface area contributed by atoms with Gasteiger partial charge in [0.05, 0.1) is 6.20 Å². The first-order valence-electron chi connectivity index (χ1n) is 10.8. The zero-order valence-corrected chi connectivity index (χ0v) is 17.9. The fraction of sp³-hybridized carbons (Fsp3) is 0.240. The number of nitrogens with zero attached hydrogens (tertiary/aromatic N) is 3. The molecular formula is C25H25N5O2. The van der Waals surface area contributed by atoms with Crippen LogP contribution in [0.4, 0.5) is 5.82 Å². The molecule has 1 saturated heterocycles. The highest BCUT2D eigenvalue weighted by Gasteiger charge is 2.15. The van der Waals surface area contributed by atoms with Gasteiger partial charge in [-0.15, -0.1) is 0 Å². The van der Waals surface area contributed by atoms with Gasteiger partial charge in [-0.3, -0.25) is 9.48 Å². The van der Waals surface area contributed by atoms with E-state index in [9.17, 15) is 4.79 Å². The topological polar surface area (TPSA) is 81.1 Å². The van der Waals surface area contributed by atoms with Crippen LogP contribution in [0.15, 0.2) is 67.1 Å². The number of ether oxygens (including phenoxy) is 1. The average molecular weight is 428 g/mol. The standard InChI is InChI=1S/C25H25N5O2/c1-30-16-21(15-28-30)17-5-6-19-14-27-24(13-20(19)11-17)29-25(31)18-3-2-4-23(12-18)32-22-7-9-26-10-8-22/h2-6,11-16,22,26H,7-10H2,1H3,(H,27,29,31). The lowest BCUT2D eigenvalue weighted by atomic mass is 10.1. The number of carbonyl (C=O) groups excluding carboxylic acids is 1. The summed E-state index contributed by atoms with van der Waals surface area (Å²) in [6.45, 7) is 1.92. The number of rotatable bonds is 5. The molecule has 7 nitrogen and oxygen atoms in total. The SMILES string of the molecule is Cn1cc(-c2ccc3cnc(NC(=O)c4cccc(OC5CCNCC5)c4)cc3c2)cn1. The second-order valence-corrected chi connectivity index (χ2v) is 8.08. The van der Waals surface area contributed by atoms with E-state index in [0.717, 1.165) is 53.6 Å². The molecule has 32 heavy (non-hydrogen) atoms. The van der Waals surface area contributed by atoms with Crippen LogP contribution in [0.2, 0.25) is 0 Å². The van der Waals surface area contributed by atoms with E-state index in [1.54, 1.807) is 23.0 Å². The molecule has 0 spiro atoms. The third kappa shape index (κ3) is 4.48. The maximum atomic E-state index is 12.9. The Morgan fingerprint density at radius 1 is 1.06 bits per heavy atom. The van der Waals surface area contributed by atoms with E-state index in [2.05, 4.69) is 26.8 Å². The van der Waals surface area contributed by atoms with E-state index >= 15 is 0 Å². The fourth-order valence-electron chi connectivity index (χ4n) is 3.96. The van der Waals surface area contributed by atoms with Crippen LogP contribution in [0.1, 0.15) is 23.2 Å². The molecule has 0 radical (unpaired) electrons. The third-order valence-corrected chi connectivity index (χ3v) is 5.69. The van der Waals surface area contributed by atoms with E-state index in [0.29, 0.717) is 11.4 Å². The highest BCUT2D eigenvalue weighted by Crippen LogP contribution is 2.25. The molecule has 0 saturated carbocycles. The summed E-state index contributed by atoms with van der Waals surface area (Å²) in [5.41, 5.74) is 2.65. The molecule has 162 valence electrons. The Bertz CT molecular complexity index is 1260. The Labute approximate surface area is 186 Å². The summed E-state index contributed by atoms with van der Waals surface area (Å²) in [5.74, 6) is 1.02. The van der Waals surface area contributed by atoms with E-state index in [1.807, 2.05) is 49.8 Å². The second kappa shape index (κ2) is 8.80. The number of aromatic nitrogens is 3. The molecule has 1 amide bonds. The predicted octanol–water partition coefficient (Wildman–Crippen LogP) is 4.02. The molecule has 2 aromatic carbocycles. The first-order chi connectivity index (χ1) is 15.6. The van der Waals surface area contributed by atoms with E-state index in [-0.39, 0.29) is 12.0 Å². The maximum Gasteiger partial charge on any atom is 0.256 e. The average Bonchev–Trinajstić information content (AvgIpc) is 3.26. The number of carbonyl (C=O) groups is 1. The number of nitrogens with one attached hydrogen (secondary N) is 2. The van der Waals surface area contributed by atoms with Crippen LogP contribution in [0.5, 0.6) is 5.75 Å². The van der Waals surface area contributed by atoms with Gasteiger partial charge >= 0.3 is 0 Å². The summed E-state index contributed by atoms with van der Waals surface area (Å²) >= 11 is 0. The molecule has 0 atom stereocenters. The number of anilines is 1. The maximum absolute atomic E-state index is 12.9. The van der Waals surface area contributed by atoms with Crippen LogP contribution in [-0.4, -0.2) is 39.9 Å². The lowest BCUT2D eigenvalue weighted by Gasteiger charge is -2.24. The highest BCUT2D eigenvalue weighted by atomic mass is 16.5. The number of hydrogen-bond donors (Lipinski definition) is 2. The summed E-state index contributed by atoms with van der Waals surface area (Å²) in [4.78, 5) is 17.3. The van der Waals surface area contributed by atoms with Gasteiger partial charge in [-0.25, -0.2) is 4.98 Å². The number of aryl methyl sites for hydroxylation is 1. The quantitative estimate of drug-likeness (QED) is 0.503. The van der Waals surface area contributed by atoms with Crippen molar-refractivity contribution >= 4 is 22.5 Å². The van der Waals surface area contributed by atoms with Crippen LogP contribution in [-0.2, 0) is 7.05 Å². The Balaban J connectivity index is 1.33. The van der Waals surface area contributed by atoms with E-state index in [4.69, 9.17) is 4.74 Å².